The fraction of sp³-hybridized carbons (Fsp3) is 0.205. The Kier molecular flexibility index (Phi) is 7.09. The molecule has 0 bridgehead atoms. The molecule has 5 heteroatoms. The van der Waals surface area contributed by atoms with Crippen molar-refractivity contribution in [2.75, 3.05) is 22.9 Å². The maximum Gasteiger partial charge on any atom is 0.340 e. The van der Waals surface area contributed by atoms with Gasteiger partial charge in [-0.3, -0.25) is 0 Å². The minimum absolute atomic E-state index is 0.314. The minimum atomic E-state index is -1.11. The fourth-order valence-electron chi connectivity index (χ4n) is 6.82. The van der Waals surface area contributed by atoms with Gasteiger partial charge in [0.05, 0.1) is 11.1 Å². The number of carbonyl (C=O) groups is 1. The topological polar surface area (TPSA) is 42.0 Å². The number of esters is 1. The largest absolute Gasteiger partial charge is 0.456 e. The van der Waals surface area contributed by atoms with Gasteiger partial charge in [0.1, 0.15) is 11.5 Å². The van der Waals surface area contributed by atoms with Gasteiger partial charge in [0.25, 0.3) is 0 Å². The molecule has 0 fully saturated rings. The van der Waals surface area contributed by atoms with E-state index in [9.17, 15) is 4.79 Å². The number of hydrogen-bond acceptors (Lipinski definition) is 5. The van der Waals surface area contributed by atoms with Gasteiger partial charge in [-0.15, -0.1) is 0 Å². The van der Waals surface area contributed by atoms with Gasteiger partial charge in [-0.05, 0) is 67.8 Å². The van der Waals surface area contributed by atoms with Crippen LogP contribution in [0.25, 0.3) is 0 Å². The first kappa shape index (κ1) is 27.8. The first-order valence-corrected chi connectivity index (χ1v) is 15.4. The second-order valence-electron chi connectivity index (χ2n) is 11.5. The maximum atomic E-state index is 13.5. The van der Waals surface area contributed by atoms with Crippen molar-refractivity contribution in [3.63, 3.8) is 0 Å². The number of hydrogen-bond donors (Lipinski definition) is 0. The number of fused-ring (bicyclic) bond motifs is 6. The van der Waals surface area contributed by atoms with E-state index in [-0.39, 0.29) is 5.97 Å². The summed E-state index contributed by atoms with van der Waals surface area (Å²) in [6.45, 7) is 9.62. The van der Waals surface area contributed by atoms with Crippen LogP contribution in [-0.4, -0.2) is 19.1 Å². The zero-order chi connectivity index (χ0) is 30.3. The smallest absolute Gasteiger partial charge is 0.340 e. The van der Waals surface area contributed by atoms with Crippen LogP contribution in [0.15, 0.2) is 115 Å². The van der Waals surface area contributed by atoms with Crippen molar-refractivity contribution in [3.8, 4) is 11.5 Å². The van der Waals surface area contributed by atoms with Gasteiger partial charge < -0.3 is 19.3 Å². The molecule has 0 aromatic heterocycles. The van der Waals surface area contributed by atoms with Crippen molar-refractivity contribution in [2.24, 2.45) is 0 Å². The molecule has 5 nitrogen and oxygen atoms in total. The zero-order valence-corrected chi connectivity index (χ0v) is 25.4. The van der Waals surface area contributed by atoms with E-state index in [0.717, 1.165) is 59.8 Å². The minimum Gasteiger partial charge on any atom is -0.456 e. The molecule has 0 saturated carbocycles. The molecule has 0 amide bonds. The third kappa shape index (κ3) is 4.60. The average Bonchev–Trinajstić information content (AvgIpc) is 3.34. The van der Waals surface area contributed by atoms with E-state index in [0.29, 0.717) is 17.1 Å². The molecule has 1 unspecified atom stereocenters. The molecule has 44 heavy (non-hydrogen) atoms. The van der Waals surface area contributed by atoms with E-state index >= 15 is 0 Å². The number of rotatable bonds is 8. The van der Waals surface area contributed by atoms with Crippen molar-refractivity contribution in [1.82, 2.24) is 0 Å². The highest BCUT2D eigenvalue weighted by atomic mass is 16.6. The summed E-state index contributed by atoms with van der Waals surface area (Å²) in [4.78, 5) is 18.2. The van der Waals surface area contributed by atoms with Crippen LogP contribution in [0.3, 0.4) is 0 Å². The third-order valence-electron chi connectivity index (χ3n) is 8.90. The first-order chi connectivity index (χ1) is 21.5. The quantitative estimate of drug-likeness (QED) is 0.172. The van der Waals surface area contributed by atoms with Crippen LogP contribution in [0.5, 0.6) is 11.5 Å². The van der Waals surface area contributed by atoms with Crippen LogP contribution in [0.4, 0.5) is 11.4 Å². The van der Waals surface area contributed by atoms with Crippen LogP contribution in [0, 0.1) is 6.92 Å². The lowest BCUT2D eigenvalue weighted by molar-refractivity contribution is 0.0222. The number of carbonyl (C=O) groups excluding carboxylic acids is 1. The molecule has 1 atom stereocenters. The highest BCUT2D eigenvalue weighted by Crippen LogP contribution is 2.58. The van der Waals surface area contributed by atoms with Gasteiger partial charge >= 0.3 is 5.97 Å². The van der Waals surface area contributed by atoms with Crippen LogP contribution >= 0.6 is 0 Å². The number of benzene rings is 5. The van der Waals surface area contributed by atoms with E-state index in [1.807, 2.05) is 42.5 Å². The molecular weight excluding hydrogens is 544 g/mol. The Bertz CT molecular complexity index is 1790. The van der Waals surface area contributed by atoms with Crippen molar-refractivity contribution in [3.05, 3.63) is 154 Å². The predicted octanol–water partition coefficient (Wildman–Crippen LogP) is 8.62. The summed E-state index contributed by atoms with van der Waals surface area (Å²) >= 11 is 0. The monoisotopic (exact) mass is 580 g/mol. The SMILES string of the molecule is CCN(CC)c1ccc2c(c1)C1(OC(=O)c3ccccc31)c1c(C)cc(N(Cc3ccccc3)Cc3ccccc3)cc1O2. The Morgan fingerprint density at radius 2 is 1.27 bits per heavy atom. The predicted molar refractivity (Wildman–Crippen MR) is 176 cm³/mol. The summed E-state index contributed by atoms with van der Waals surface area (Å²) in [5.74, 6) is 1.09. The Hall–Kier alpha value is -5.03. The number of ether oxygens (including phenoxy) is 2. The van der Waals surface area contributed by atoms with Crippen LogP contribution in [0.1, 0.15) is 57.6 Å². The van der Waals surface area contributed by atoms with Crippen molar-refractivity contribution in [1.29, 1.82) is 0 Å². The van der Waals surface area contributed by atoms with E-state index in [2.05, 4.69) is 103 Å². The molecule has 2 aliphatic rings. The Morgan fingerprint density at radius 3 is 1.93 bits per heavy atom. The molecule has 1 spiro atoms. The average molecular weight is 581 g/mol. The van der Waals surface area contributed by atoms with Gasteiger partial charge in [-0.1, -0.05) is 78.9 Å². The lowest BCUT2D eigenvalue weighted by Crippen LogP contribution is -2.35. The highest BCUT2D eigenvalue weighted by Gasteiger charge is 2.54. The van der Waals surface area contributed by atoms with E-state index in [1.54, 1.807) is 0 Å². The standard InChI is InChI=1S/C39H36N2O3/c1-4-40(5-2)30-20-21-35-34(23-30)39(33-19-13-12-18-32(33)38(42)44-39)37-27(3)22-31(24-36(37)43-35)41(25-28-14-8-6-9-15-28)26-29-16-10-7-11-17-29/h6-24H,4-5,25-26H2,1-3H3. The number of nitrogens with zero attached hydrogens (tertiary/aromatic N) is 2. The van der Waals surface area contributed by atoms with Crippen LogP contribution in [-0.2, 0) is 23.4 Å². The van der Waals surface area contributed by atoms with E-state index in [4.69, 9.17) is 9.47 Å². The Morgan fingerprint density at radius 1 is 0.636 bits per heavy atom. The fourth-order valence-corrected chi connectivity index (χ4v) is 6.82. The number of aryl methyl sites for hydroxylation is 1. The molecule has 2 heterocycles. The first-order valence-electron chi connectivity index (χ1n) is 15.4. The van der Waals surface area contributed by atoms with E-state index < -0.39 is 5.60 Å². The zero-order valence-electron chi connectivity index (χ0n) is 25.4. The molecule has 220 valence electrons. The van der Waals surface area contributed by atoms with Gasteiger partial charge in [-0.25, -0.2) is 4.79 Å². The summed E-state index contributed by atoms with van der Waals surface area (Å²) in [7, 11) is 0. The molecule has 2 aliphatic heterocycles. The van der Waals surface area contributed by atoms with Crippen molar-refractivity contribution < 1.29 is 14.3 Å². The third-order valence-corrected chi connectivity index (χ3v) is 8.90. The van der Waals surface area contributed by atoms with Gasteiger partial charge in [0, 0.05) is 54.7 Å². The molecule has 0 saturated heterocycles. The summed E-state index contributed by atoms with van der Waals surface area (Å²) < 4.78 is 13.3. The summed E-state index contributed by atoms with van der Waals surface area (Å²) in [5, 5.41) is 0. The summed E-state index contributed by atoms with van der Waals surface area (Å²) in [6.07, 6.45) is 0. The molecule has 0 aliphatic carbocycles. The molecular formula is C39H36N2O3. The summed E-state index contributed by atoms with van der Waals surface area (Å²) in [6, 6.07) is 39.4. The van der Waals surface area contributed by atoms with E-state index in [1.165, 1.54) is 11.1 Å². The van der Waals surface area contributed by atoms with Crippen molar-refractivity contribution >= 4 is 17.3 Å². The van der Waals surface area contributed by atoms with Crippen LogP contribution in [0.2, 0.25) is 0 Å². The maximum absolute atomic E-state index is 13.5. The number of anilines is 2. The Labute approximate surface area is 259 Å². The van der Waals surface area contributed by atoms with Gasteiger partial charge in [0.15, 0.2) is 5.60 Å². The molecule has 5 aromatic carbocycles. The normalized spacial score (nSPS) is 16.0. The molecule has 0 N–H and O–H groups in total. The second kappa shape index (κ2) is 11.2. The van der Waals surface area contributed by atoms with Crippen LogP contribution < -0.4 is 14.5 Å². The molecule has 0 radical (unpaired) electrons. The lowest BCUT2D eigenvalue weighted by atomic mass is 9.75. The van der Waals surface area contributed by atoms with Crippen molar-refractivity contribution in [2.45, 2.75) is 39.5 Å². The second-order valence-corrected chi connectivity index (χ2v) is 11.5. The van der Waals surface area contributed by atoms with Gasteiger partial charge in [-0.2, -0.15) is 0 Å². The molecule has 5 aromatic rings. The van der Waals surface area contributed by atoms with Gasteiger partial charge in [0.2, 0.25) is 0 Å². The highest BCUT2D eigenvalue weighted by molar-refractivity contribution is 5.97. The molecule has 7 rings (SSSR count). The summed E-state index contributed by atoms with van der Waals surface area (Å²) in [5.41, 5.74) is 7.66. The Balaban J connectivity index is 1.41. The lowest BCUT2D eigenvalue weighted by Gasteiger charge is -2.39.